The predicted molar refractivity (Wildman–Crippen MR) is 65.3 cm³/mol. The number of anilines is 2. The first-order valence-corrected chi connectivity index (χ1v) is 5.67. The van der Waals surface area contributed by atoms with Gasteiger partial charge in [-0.1, -0.05) is 0 Å². The second-order valence-electron chi connectivity index (χ2n) is 4.16. The molecule has 4 N–H and O–H groups in total. The van der Waals surface area contributed by atoms with Crippen LogP contribution in [0.25, 0.3) is 0 Å². The molecule has 1 aromatic heterocycles. The molecule has 6 nitrogen and oxygen atoms in total. The number of carbonyl (C=O) groups is 1. The Balaban J connectivity index is 2.34. The molecule has 0 aliphatic carbocycles. The van der Waals surface area contributed by atoms with Gasteiger partial charge in [0, 0.05) is 12.7 Å². The lowest BCUT2D eigenvalue weighted by Crippen LogP contribution is -2.54. The first kappa shape index (κ1) is 12.6. The minimum absolute atomic E-state index is 0.220. The molecule has 2 heterocycles. The Bertz CT molecular complexity index is 443. The molecule has 1 fully saturated rings. The molecule has 0 bridgehead atoms. The highest BCUT2D eigenvalue weighted by Gasteiger charge is 2.34. The van der Waals surface area contributed by atoms with Crippen LogP contribution in [0, 0.1) is 0 Å². The molecule has 1 amide bonds. The van der Waals surface area contributed by atoms with Crippen LogP contribution in [0.5, 0.6) is 0 Å². The van der Waals surface area contributed by atoms with Gasteiger partial charge >= 0.3 is 6.09 Å². The number of hydrogen-bond donors (Lipinski definition) is 3. The van der Waals surface area contributed by atoms with Crippen LogP contribution in [0.1, 0.15) is 6.42 Å². The zero-order chi connectivity index (χ0) is 13.1. The molecule has 1 aliphatic rings. The van der Waals surface area contributed by atoms with Gasteiger partial charge in [0.2, 0.25) is 0 Å². The van der Waals surface area contributed by atoms with Crippen LogP contribution in [0.15, 0.2) is 18.5 Å². The van der Waals surface area contributed by atoms with E-state index in [1.165, 1.54) is 18.5 Å². The highest BCUT2D eigenvalue weighted by Crippen LogP contribution is 2.27. The van der Waals surface area contributed by atoms with E-state index in [4.69, 9.17) is 5.73 Å². The second kappa shape index (κ2) is 5.18. The maximum absolute atomic E-state index is 13.9. The summed E-state index contributed by atoms with van der Waals surface area (Å²) >= 11 is 0. The molecule has 1 aliphatic heterocycles. The summed E-state index contributed by atoms with van der Waals surface area (Å²) in [7, 11) is 0. The summed E-state index contributed by atoms with van der Waals surface area (Å²) in [4.78, 5) is 16.1. The number of nitrogens with one attached hydrogen (secondary N) is 1. The predicted octanol–water partition coefficient (Wildman–Crippen LogP) is 0.848. The normalized spacial score (nSPS) is 23.6. The van der Waals surface area contributed by atoms with Gasteiger partial charge < -0.3 is 16.2 Å². The summed E-state index contributed by atoms with van der Waals surface area (Å²) < 4.78 is 13.9. The molecular weight excluding hydrogens is 239 g/mol. The van der Waals surface area contributed by atoms with E-state index in [1.54, 1.807) is 0 Å². The molecule has 2 unspecified atom stereocenters. The summed E-state index contributed by atoms with van der Waals surface area (Å²) in [6, 6.07) is 0.714. The molecule has 2 rings (SSSR count). The number of aromatic nitrogens is 1. The molecule has 2 atom stereocenters. The van der Waals surface area contributed by atoms with Crippen molar-refractivity contribution in [1.29, 1.82) is 0 Å². The molecule has 18 heavy (non-hydrogen) atoms. The maximum atomic E-state index is 13.9. The highest BCUT2D eigenvalue weighted by atomic mass is 19.1. The number of halogens is 1. The summed E-state index contributed by atoms with van der Waals surface area (Å²) in [5, 5.41) is 12.3. The average molecular weight is 254 g/mol. The molecule has 0 aromatic carbocycles. The average Bonchev–Trinajstić information content (AvgIpc) is 2.34. The Hall–Kier alpha value is -1.89. The SMILES string of the molecule is Nc1cnccc1N(C(=O)O)C1CNCCC1F. The molecule has 1 aromatic rings. The molecule has 1 saturated heterocycles. The lowest BCUT2D eigenvalue weighted by atomic mass is 10.0. The monoisotopic (exact) mass is 254 g/mol. The topological polar surface area (TPSA) is 91.5 Å². The van der Waals surface area contributed by atoms with Crippen LogP contribution in [0.3, 0.4) is 0 Å². The Labute approximate surface area is 104 Å². The molecule has 7 heteroatoms. The van der Waals surface area contributed by atoms with Gasteiger partial charge in [-0.3, -0.25) is 9.88 Å². The van der Waals surface area contributed by atoms with E-state index < -0.39 is 18.3 Å². The van der Waals surface area contributed by atoms with E-state index in [0.717, 1.165) is 4.90 Å². The fourth-order valence-electron chi connectivity index (χ4n) is 2.11. The third-order valence-electron chi connectivity index (χ3n) is 2.99. The number of pyridine rings is 1. The highest BCUT2D eigenvalue weighted by molar-refractivity contribution is 5.90. The van der Waals surface area contributed by atoms with Crippen molar-refractivity contribution in [3.05, 3.63) is 18.5 Å². The van der Waals surface area contributed by atoms with Crippen molar-refractivity contribution in [2.75, 3.05) is 23.7 Å². The van der Waals surface area contributed by atoms with Crippen molar-refractivity contribution < 1.29 is 14.3 Å². The zero-order valence-electron chi connectivity index (χ0n) is 9.71. The first-order chi connectivity index (χ1) is 8.61. The van der Waals surface area contributed by atoms with E-state index in [9.17, 15) is 14.3 Å². The van der Waals surface area contributed by atoms with E-state index in [-0.39, 0.29) is 17.9 Å². The van der Waals surface area contributed by atoms with Gasteiger partial charge in [0.05, 0.1) is 23.6 Å². The Morgan fingerprint density at radius 3 is 3.06 bits per heavy atom. The number of amides is 1. The van der Waals surface area contributed by atoms with Crippen molar-refractivity contribution in [1.82, 2.24) is 10.3 Å². The summed E-state index contributed by atoms with van der Waals surface area (Å²) in [6.07, 6.45) is 0.665. The summed E-state index contributed by atoms with van der Waals surface area (Å²) in [5.74, 6) is 0. The van der Waals surface area contributed by atoms with Crippen LogP contribution in [0.4, 0.5) is 20.6 Å². The molecule has 0 radical (unpaired) electrons. The Kier molecular flexibility index (Phi) is 3.61. The lowest BCUT2D eigenvalue weighted by Gasteiger charge is -2.35. The number of nitrogens with zero attached hydrogens (tertiary/aromatic N) is 2. The van der Waals surface area contributed by atoms with Gasteiger partial charge in [-0.15, -0.1) is 0 Å². The third-order valence-corrected chi connectivity index (χ3v) is 2.99. The standard InChI is InChI=1S/C11H15FN4O2/c12-7-1-3-15-6-10(7)16(11(17)18)9-2-4-14-5-8(9)13/h2,4-5,7,10,15H,1,3,6,13H2,(H,17,18). The fourth-order valence-corrected chi connectivity index (χ4v) is 2.11. The van der Waals surface area contributed by atoms with E-state index in [2.05, 4.69) is 10.3 Å². The molecular formula is C11H15FN4O2. The largest absolute Gasteiger partial charge is 0.465 e. The third kappa shape index (κ3) is 2.35. The molecule has 0 spiro atoms. The van der Waals surface area contributed by atoms with Gasteiger partial charge in [0.1, 0.15) is 6.17 Å². The molecule has 98 valence electrons. The number of rotatable bonds is 2. The number of alkyl halides is 1. The van der Waals surface area contributed by atoms with E-state index >= 15 is 0 Å². The number of nitrogens with two attached hydrogens (primary N) is 1. The van der Waals surface area contributed by atoms with Crippen LogP contribution in [-0.2, 0) is 0 Å². The number of piperidine rings is 1. The Morgan fingerprint density at radius 2 is 2.44 bits per heavy atom. The van der Waals surface area contributed by atoms with Gasteiger partial charge in [0.15, 0.2) is 0 Å². The summed E-state index contributed by atoms with van der Waals surface area (Å²) in [5.41, 5.74) is 6.19. The van der Waals surface area contributed by atoms with E-state index in [0.29, 0.717) is 13.0 Å². The smallest absolute Gasteiger partial charge is 0.412 e. The van der Waals surface area contributed by atoms with Crippen molar-refractivity contribution >= 4 is 17.5 Å². The van der Waals surface area contributed by atoms with Crippen LogP contribution in [0.2, 0.25) is 0 Å². The van der Waals surface area contributed by atoms with E-state index in [1.807, 2.05) is 0 Å². The van der Waals surface area contributed by atoms with Crippen molar-refractivity contribution in [2.45, 2.75) is 18.6 Å². The van der Waals surface area contributed by atoms with Crippen molar-refractivity contribution in [2.24, 2.45) is 0 Å². The minimum Gasteiger partial charge on any atom is -0.465 e. The first-order valence-electron chi connectivity index (χ1n) is 5.67. The van der Waals surface area contributed by atoms with Crippen LogP contribution >= 0.6 is 0 Å². The van der Waals surface area contributed by atoms with Gasteiger partial charge in [0.25, 0.3) is 0 Å². The quantitative estimate of drug-likeness (QED) is 0.727. The van der Waals surface area contributed by atoms with Gasteiger partial charge in [-0.05, 0) is 19.0 Å². The number of nitrogen functional groups attached to an aromatic ring is 1. The number of hydrogen-bond acceptors (Lipinski definition) is 4. The van der Waals surface area contributed by atoms with Gasteiger partial charge in [-0.25, -0.2) is 9.18 Å². The fraction of sp³-hybridized carbons (Fsp3) is 0.455. The lowest BCUT2D eigenvalue weighted by molar-refractivity contribution is 0.179. The van der Waals surface area contributed by atoms with Crippen LogP contribution < -0.4 is 16.0 Å². The van der Waals surface area contributed by atoms with Crippen molar-refractivity contribution in [3.63, 3.8) is 0 Å². The van der Waals surface area contributed by atoms with Gasteiger partial charge in [-0.2, -0.15) is 0 Å². The zero-order valence-corrected chi connectivity index (χ0v) is 9.71. The number of carboxylic acid groups (broad SMARTS) is 1. The maximum Gasteiger partial charge on any atom is 0.412 e. The Morgan fingerprint density at radius 1 is 1.67 bits per heavy atom. The van der Waals surface area contributed by atoms with Crippen LogP contribution in [-0.4, -0.2) is 41.5 Å². The molecule has 0 saturated carbocycles. The summed E-state index contributed by atoms with van der Waals surface area (Å²) in [6.45, 7) is 0.826. The van der Waals surface area contributed by atoms with Crippen molar-refractivity contribution in [3.8, 4) is 0 Å². The minimum atomic E-state index is -1.22. The second-order valence-corrected chi connectivity index (χ2v) is 4.16.